The van der Waals surface area contributed by atoms with Gasteiger partial charge in [-0.15, -0.1) is 0 Å². The van der Waals surface area contributed by atoms with E-state index >= 15 is 0 Å². The predicted octanol–water partition coefficient (Wildman–Crippen LogP) is 5.74. The van der Waals surface area contributed by atoms with Gasteiger partial charge in [-0.3, -0.25) is 4.79 Å². The number of nitrogens with one attached hydrogen (secondary N) is 1. The van der Waals surface area contributed by atoms with Crippen molar-refractivity contribution in [2.24, 2.45) is 0 Å². The number of rotatable bonds is 3. The largest absolute Gasteiger partial charge is 0.327 e. The van der Waals surface area contributed by atoms with E-state index < -0.39 is 0 Å². The van der Waals surface area contributed by atoms with E-state index in [1.54, 1.807) is 6.07 Å². The normalized spacial score (nSPS) is 13.7. The summed E-state index contributed by atoms with van der Waals surface area (Å²) in [6.07, 6.45) is 3.95. The lowest BCUT2D eigenvalue weighted by Crippen LogP contribution is -2.16. The fraction of sp³-hybridized carbons (Fsp3) is 0.273. The zero-order valence-electron chi connectivity index (χ0n) is 15.6. The first-order valence-corrected chi connectivity index (χ1v) is 10.2. The lowest BCUT2D eigenvalue weighted by molar-refractivity contribution is 0.102. The minimum atomic E-state index is -0.306. The van der Waals surface area contributed by atoms with E-state index in [9.17, 15) is 9.18 Å². The number of amides is 1. The van der Waals surface area contributed by atoms with Gasteiger partial charge in [0.05, 0.1) is 5.69 Å². The molecule has 0 aliphatic carbocycles. The number of anilines is 1. The first-order chi connectivity index (χ1) is 13.5. The summed E-state index contributed by atoms with van der Waals surface area (Å²) >= 11 is 3.44. The maximum absolute atomic E-state index is 13.8. The molecule has 0 bridgehead atoms. The van der Waals surface area contributed by atoms with Gasteiger partial charge in [0.25, 0.3) is 5.91 Å². The molecule has 0 saturated carbocycles. The van der Waals surface area contributed by atoms with Gasteiger partial charge >= 0.3 is 0 Å². The Kier molecular flexibility index (Phi) is 5.31. The zero-order valence-corrected chi connectivity index (χ0v) is 17.2. The quantitative estimate of drug-likeness (QED) is 0.563. The Morgan fingerprint density at radius 3 is 2.82 bits per heavy atom. The number of aromatic nitrogens is 2. The van der Waals surface area contributed by atoms with Crippen LogP contribution < -0.4 is 5.32 Å². The molecule has 144 valence electrons. The zero-order chi connectivity index (χ0) is 19.7. The standard InChI is InChI=1S/C22H21BrFN3O/c1-14-12-16(23)9-10-18(14)25-22(28)20-19-8-3-2-4-11-27(19)21(26-20)15-6-5-7-17(24)13-15/h5-7,9-10,12-13H,2-4,8,11H2,1H3,(H,25,28). The second kappa shape index (κ2) is 7.87. The maximum Gasteiger partial charge on any atom is 0.276 e. The Morgan fingerprint density at radius 1 is 1.18 bits per heavy atom. The predicted molar refractivity (Wildman–Crippen MR) is 112 cm³/mol. The molecule has 1 aromatic heterocycles. The summed E-state index contributed by atoms with van der Waals surface area (Å²) in [5.74, 6) is 0.132. The van der Waals surface area contributed by atoms with E-state index in [0.717, 1.165) is 53.6 Å². The van der Waals surface area contributed by atoms with Crippen molar-refractivity contribution in [1.29, 1.82) is 0 Å². The highest BCUT2D eigenvalue weighted by atomic mass is 79.9. The summed E-state index contributed by atoms with van der Waals surface area (Å²) in [5, 5.41) is 2.99. The Labute approximate surface area is 171 Å². The molecule has 2 aromatic carbocycles. The second-order valence-corrected chi connectivity index (χ2v) is 8.03. The SMILES string of the molecule is Cc1cc(Br)ccc1NC(=O)c1nc(-c2cccc(F)c2)n2c1CCCCC2. The minimum Gasteiger partial charge on any atom is -0.327 e. The van der Waals surface area contributed by atoms with E-state index in [4.69, 9.17) is 0 Å². The van der Waals surface area contributed by atoms with Gasteiger partial charge in [-0.2, -0.15) is 0 Å². The van der Waals surface area contributed by atoms with Crippen molar-refractivity contribution in [3.05, 3.63) is 69.7 Å². The van der Waals surface area contributed by atoms with Crippen molar-refractivity contribution >= 4 is 27.5 Å². The van der Waals surface area contributed by atoms with E-state index in [1.807, 2.05) is 31.2 Å². The number of aryl methyl sites for hydroxylation is 1. The third-order valence-corrected chi connectivity index (χ3v) is 5.60. The molecular weight excluding hydrogens is 421 g/mol. The Hall–Kier alpha value is -2.47. The number of nitrogens with zero attached hydrogens (tertiary/aromatic N) is 2. The van der Waals surface area contributed by atoms with Crippen molar-refractivity contribution in [3.63, 3.8) is 0 Å². The maximum atomic E-state index is 13.8. The summed E-state index contributed by atoms with van der Waals surface area (Å²) in [7, 11) is 0. The van der Waals surface area contributed by atoms with Gasteiger partial charge in [-0.1, -0.05) is 34.5 Å². The summed E-state index contributed by atoms with van der Waals surface area (Å²) in [6.45, 7) is 2.74. The number of hydrogen-bond acceptors (Lipinski definition) is 2. The smallest absolute Gasteiger partial charge is 0.276 e. The average Bonchev–Trinajstić information content (AvgIpc) is 2.85. The Morgan fingerprint density at radius 2 is 2.04 bits per heavy atom. The van der Waals surface area contributed by atoms with Crippen molar-refractivity contribution in [1.82, 2.24) is 9.55 Å². The van der Waals surface area contributed by atoms with Crippen LogP contribution in [0.2, 0.25) is 0 Å². The van der Waals surface area contributed by atoms with Crippen molar-refractivity contribution < 1.29 is 9.18 Å². The van der Waals surface area contributed by atoms with E-state index in [0.29, 0.717) is 17.1 Å². The van der Waals surface area contributed by atoms with Gasteiger partial charge in [0.2, 0.25) is 0 Å². The first kappa shape index (κ1) is 18.9. The van der Waals surface area contributed by atoms with Crippen LogP contribution in [0, 0.1) is 12.7 Å². The summed E-state index contributed by atoms with van der Waals surface area (Å²) in [5.41, 5.74) is 3.80. The third kappa shape index (κ3) is 3.74. The van der Waals surface area contributed by atoms with Gasteiger partial charge in [0.1, 0.15) is 17.3 Å². The summed E-state index contributed by atoms with van der Waals surface area (Å²) in [6, 6.07) is 12.1. The van der Waals surface area contributed by atoms with Gasteiger partial charge in [-0.25, -0.2) is 9.37 Å². The molecule has 1 N–H and O–H groups in total. The molecule has 1 amide bonds. The fourth-order valence-electron chi connectivity index (χ4n) is 3.70. The number of imidazole rings is 1. The lowest BCUT2D eigenvalue weighted by atomic mass is 10.1. The molecule has 0 saturated heterocycles. The third-order valence-electron chi connectivity index (χ3n) is 5.10. The topological polar surface area (TPSA) is 46.9 Å². The number of benzene rings is 2. The van der Waals surface area contributed by atoms with Crippen LogP contribution in [0.15, 0.2) is 46.9 Å². The molecule has 0 spiro atoms. The van der Waals surface area contributed by atoms with Crippen LogP contribution in [0.4, 0.5) is 10.1 Å². The highest BCUT2D eigenvalue weighted by Crippen LogP contribution is 2.28. The van der Waals surface area contributed by atoms with Crippen molar-refractivity contribution in [3.8, 4) is 11.4 Å². The van der Waals surface area contributed by atoms with Gasteiger partial charge in [0.15, 0.2) is 0 Å². The molecule has 4 rings (SSSR count). The first-order valence-electron chi connectivity index (χ1n) is 9.46. The molecule has 0 fully saturated rings. The molecule has 0 radical (unpaired) electrons. The number of fused-ring (bicyclic) bond motifs is 1. The van der Waals surface area contributed by atoms with E-state index in [-0.39, 0.29) is 11.7 Å². The number of halogens is 2. The Bertz CT molecular complexity index is 1040. The number of carbonyl (C=O) groups excluding carboxylic acids is 1. The van der Waals surface area contributed by atoms with Gasteiger partial charge < -0.3 is 9.88 Å². The molecule has 2 heterocycles. The minimum absolute atomic E-state index is 0.223. The molecule has 28 heavy (non-hydrogen) atoms. The van der Waals surface area contributed by atoms with Crippen LogP contribution >= 0.6 is 15.9 Å². The molecule has 0 atom stereocenters. The molecule has 1 aliphatic heterocycles. The molecule has 4 nitrogen and oxygen atoms in total. The molecular formula is C22H21BrFN3O. The monoisotopic (exact) mass is 441 g/mol. The fourth-order valence-corrected chi connectivity index (χ4v) is 4.17. The highest BCUT2D eigenvalue weighted by molar-refractivity contribution is 9.10. The second-order valence-electron chi connectivity index (χ2n) is 7.12. The lowest BCUT2D eigenvalue weighted by Gasteiger charge is -2.10. The van der Waals surface area contributed by atoms with Gasteiger partial charge in [-0.05, 0) is 62.1 Å². The molecule has 6 heteroatoms. The number of carbonyl (C=O) groups is 1. The molecule has 3 aromatic rings. The van der Waals surface area contributed by atoms with Crippen LogP contribution in [0.1, 0.15) is 41.0 Å². The van der Waals surface area contributed by atoms with Crippen LogP contribution in [0.5, 0.6) is 0 Å². The highest BCUT2D eigenvalue weighted by Gasteiger charge is 2.24. The van der Waals surface area contributed by atoms with Crippen molar-refractivity contribution in [2.75, 3.05) is 5.32 Å². The molecule has 0 unspecified atom stereocenters. The van der Waals surface area contributed by atoms with E-state index in [1.165, 1.54) is 12.1 Å². The number of hydrogen-bond donors (Lipinski definition) is 1. The molecule has 1 aliphatic rings. The average molecular weight is 442 g/mol. The van der Waals surface area contributed by atoms with Crippen molar-refractivity contribution in [2.45, 2.75) is 39.2 Å². The van der Waals surface area contributed by atoms with Crippen LogP contribution in [0.25, 0.3) is 11.4 Å². The van der Waals surface area contributed by atoms with Crippen LogP contribution in [0.3, 0.4) is 0 Å². The van der Waals surface area contributed by atoms with Crippen LogP contribution in [-0.4, -0.2) is 15.5 Å². The van der Waals surface area contributed by atoms with Crippen LogP contribution in [-0.2, 0) is 13.0 Å². The Balaban J connectivity index is 1.75. The summed E-state index contributed by atoms with van der Waals surface area (Å²) < 4.78 is 16.8. The van der Waals surface area contributed by atoms with E-state index in [2.05, 4.69) is 30.8 Å². The van der Waals surface area contributed by atoms with Gasteiger partial charge in [0, 0.05) is 22.3 Å². The summed E-state index contributed by atoms with van der Waals surface area (Å²) in [4.78, 5) is 17.7.